The quantitative estimate of drug-likeness (QED) is 0.688. The molecule has 0 heterocycles. The molecule has 0 radical (unpaired) electrons. The van der Waals surface area contributed by atoms with Crippen molar-refractivity contribution in [3.05, 3.63) is 29.3 Å². The van der Waals surface area contributed by atoms with E-state index in [0.29, 0.717) is 26.2 Å². The molecule has 1 N–H and O–H groups in total. The maximum absolute atomic E-state index is 11.9. The third-order valence-corrected chi connectivity index (χ3v) is 4.25. The van der Waals surface area contributed by atoms with E-state index in [-0.39, 0.29) is 23.2 Å². The first-order valence-electron chi connectivity index (χ1n) is 6.93. The summed E-state index contributed by atoms with van der Waals surface area (Å²) < 4.78 is 30.0. The summed E-state index contributed by atoms with van der Waals surface area (Å²) in [6.45, 7) is 3.20. The van der Waals surface area contributed by atoms with Crippen LogP contribution in [-0.2, 0) is 19.6 Å². The van der Waals surface area contributed by atoms with Crippen molar-refractivity contribution in [3.8, 4) is 0 Å². The Hall–Kier alpha value is -1.31. The predicted octanol–water partition coefficient (Wildman–Crippen LogP) is 1.65. The van der Waals surface area contributed by atoms with Gasteiger partial charge in [-0.3, -0.25) is 9.10 Å². The van der Waals surface area contributed by atoms with Gasteiger partial charge in [-0.2, -0.15) is 0 Å². The number of hydrogen-bond donors (Lipinski definition) is 1. The molecular formula is C14H21ClN2O4S. The molecule has 0 atom stereocenters. The van der Waals surface area contributed by atoms with Gasteiger partial charge in [-0.25, -0.2) is 8.42 Å². The number of halogens is 1. The number of carbonyl (C=O) groups excluding carboxylic acids is 1. The highest BCUT2D eigenvalue weighted by Gasteiger charge is 2.22. The van der Waals surface area contributed by atoms with E-state index in [1.165, 1.54) is 0 Å². The largest absolute Gasteiger partial charge is 0.382 e. The SMILES string of the molecule is CCOCCCNC(=O)CN(c1ccccc1Cl)S(C)(=O)=O. The molecular weight excluding hydrogens is 328 g/mol. The van der Waals surface area contributed by atoms with Crippen molar-refractivity contribution in [2.24, 2.45) is 0 Å². The number of carbonyl (C=O) groups is 1. The highest BCUT2D eigenvalue weighted by Crippen LogP contribution is 2.26. The average Bonchev–Trinajstić information content (AvgIpc) is 2.44. The number of sulfonamides is 1. The van der Waals surface area contributed by atoms with Gasteiger partial charge in [0.05, 0.1) is 17.0 Å². The van der Waals surface area contributed by atoms with Crippen molar-refractivity contribution < 1.29 is 17.9 Å². The van der Waals surface area contributed by atoms with Crippen LogP contribution in [-0.4, -0.2) is 46.9 Å². The summed E-state index contributed by atoms with van der Waals surface area (Å²) in [5.41, 5.74) is 0.288. The second-order valence-electron chi connectivity index (χ2n) is 4.62. The Morgan fingerprint density at radius 1 is 1.36 bits per heavy atom. The first-order valence-corrected chi connectivity index (χ1v) is 9.15. The second kappa shape index (κ2) is 8.97. The second-order valence-corrected chi connectivity index (χ2v) is 6.94. The van der Waals surface area contributed by atoms with Gasteiger partial charge < -0.3 is 10.1 Å². The van der Waals surface area contributed by atoms with Crippen molar-refractivity contribution in [2.75, 3.05) is 36.9 Å². The van der Waals surface area contributed by atoms with Crippen molar-refractivity contribution in [1.82, 2.24) is 5.32 Å². The summed E-state index contributed by atoms with van der Waals surface area (Å²) in [5.74, 6) is -0.387. The van der Waals surface area contributed by atoms with Crippen LogP contribution in [0.4, 0.5) is 5.69 Å². The molecule has 0 aliphatic heterocycles. The lowest BCUT2D eigenvalue weighted by Crippen LogP contribution is -2.40. The highest BCUT2D eigenvalue weighted by molar-refractivity contribution is 7.92. The number of nitrogens with one attached hydrogen (secondary N) is 1. The topological polar surface area (TPSA) is 75.7 Å². The fraction of sp³-hybridized carbons (Fsp3) is 0.500. The van der Waals surface area contributed by atoms with E-state index in [0.717, 1.165) is 10.6 Å². The standard InChI is InChI=1S/C14H21ClN2O4S/c1-3-21-10-6-9-16-14(18)11-17(22(2,19)20)13-8-5-4-7-12(13)15/h4-5,7-8H,3,6,9-11H2,1-2H3,(H,16,18). The fourth-order valence-corrected chi connectivity index (χ4v) is 2.92. The van der Waals surface area contributed by atoms with Crippen LogP contribution >= 0.6 is 11.6 Å². The number of hydrogen-bond acceptors (Lipinski definition) is 4. The average molecular weight is 349 g/mol. The molecule has 1 amide bonds. The maximum atomic E-state index is 11.9. The molecule has 124 valence electrons. The Kier molecular flexibility index (Phi) is 7.64. The number of anilines is 1. The monoisotopic (exact) mass is 348 g/mol. The first kappa shape index (κ1) is 18.7. The van der Waals surface area contributed by atoms with Gasteiger partial charge >= 0.3 is 0 Å². The predicted molar refractivity (Wildman–Crippen MR) is 87.8 cm³/mol. The Balaban J connectivity index is 2.68. The van der Waals surface area contributed by atoms with Crippen LogP contribution in [0.1, 0.15) is 13.3 Å². The van der Waals surface area contributed by atoms with Gasteiger partial charge in [0.25, 0.3) is 0 Å². The van der Waals surface area contributed by atoms with Crippen LogP contribution in [0.5, 0.6) is 0 Å². The van der Waals surface area contributed by atoms with E-state index in [4.69, 9.17) is 16.3 Å². The van der Waals surface area contributed by atoms with Gasteiger partial charge in [0.2, 0.25) is 15.9 Å². The van der Waals surface area contributed by atoms with E-state index < -0.39 is 10.0 Å². The van der Waals surface area contributed by atoms with Crippen LogP contribution in [0.25, 0.3) is 0 Å². The zero-order valence-electron chi connectivity index (χ0n) is 12.7. The van der Waals surface area contributed by atoms with E-state index in [1.54, 1.807) is 24.3 Å². The third kappa shape index (κ3) is 6.21. The minimum absolute atomic E-state index is 0.275. The van der Waals surface area contributed by atoms with Gasteiger partial charge in [0.1, 0.15) is 6.54 Å². The molecule has 0 spiro atoms. The molecule has 1 aromatic carbocycles. The Morgan fingerprint density at radius 2 is 2.05 bits per heavy atom. The minimum atomic E-state index is -3.61. The molecule has 0 fully saturated rings. The van der Waals surface area contributed by atoms with Gasteiger partial charge in [-0.15, -0.1) is 0 Å². The van der Waals surface area contributed by atoms with E-state index in [2.05, 4.69) is 5.32 Å². The number of nitrogens with zero attached hydrogens (tertiary/aromatic N) is 1. The third-order valence-electron chi connectivity index (χ3n) is 2.80. The summed E-state index contributed by atoms with van der Waals surface area (Å²) in [7, 11) is -3.61. The van der Waals surface area contributed by atoms with Crippen LogP contribution < -0.4 is 9.62 Å². The molecule has 0 saturated carbocycles. The van der Waals surface area contributed by atoms with E-state index in [1.807, 2.05) is 6.92 Å². The molecule has 0 saturated heterocycles. The zero-order chi connectivity index (χ0) is 16.6. The Morgan fingerprint density at radius 3 is 2.64 bits per heavy atom. The number of amides is 1. The molecule has 0 unspecified atom stereocenters. The van der Waals surface area contributed by atoms with Gasteiger partial charge in [-0.05, 0) is 25.5 Å². The lowest BCUT2D eigenvalue weighted by atomic mass is 10.3. The number of para-hydroxylation sites is 1. The molecule has 0 aliphatic rings. The molecule has 0 bridgehead atoms. The number of ether oxygens (including phenoxy) is 1. The highest BCUT2D eigenvalue weighted by atomic mass is 35.5. The summed E-state index contributed by atoms with van der Waals surface area (Å²) in [5, 5.41) is 2.94. The summed E-state index contributed by atoms with van der Waals surface area (Å²) in [6, 6.07) is 6.50. The summed E-state index contributed by atoms with van der Waals surface area (Å²) >= 11 is 6.02. The number of rotatable bonds is 9. The smallest absolute Gasteiger partial charge is 0.240 e. The first-order chi connectivity index (χ1) is 10.4. The van der Waals surface area contributed by atoms with Crippen LogP contribution in [0.2, 0.25) is 5.02 Å². The molecule has 0 aromatic heterocycles. The number of benzene rings is 1. The lowest BCUT2D eigenvalue weighted by Gasteiger charge is -2.22. The molecule has 22 heavy (non-hydrogen) atoms. The lowest BCUT2D eigenvalue weighted by molar-refractivity contribution is -0.119. The zero-order valence-corrected chi connectivity index (χ0v) is 14.3. The molecule has 8 heteroatoms. The van der Waals surface area contributed by atoms with Gasteiger partial charge in [0, 0.05) is 19.8 Å². The fourth-order valence-electron chi connectivity index (χ4n) is 1.77. The van der Waals surface area contributed by atoms with Crippen molar-refractivity contribution in [1.29, 1.82) is 0 Å². The van der Waals surface area contributed by atoms with Crippen molar-refractivity contribution in [3.63, 3.8) is 0 Å². The van der Waals surface area contributed by atoms with Crippen LogP contribution in [0.3, 0.4) is 0 Å². The molecule has 1 aromatic rings. The van der Waals surface area contributed by atoms with E-state index >= 15 is 0 Å². The van der Waals surface area contributed by atoms with Crippen LogP contribution in [0, 0.1) is 0 Å². The summed E-state index contributed by atoms with van der Waals surface area (Å²) in [4.78, 5) is 11.9. The Bertz CT molecular complexity index is 592. The van der Waals surface area contributed by atoms with Gasteiger partial charge in [-0.1, -0.05) is 23.7 Å². The molecule has 0 aliphatic carbocycles. The van der Waals surface area contributed by atoms with Gasteiger partial charge in [0.15, 0.2) is 0 Å². The molecule has 6 nitrogen and oxygen atoms in total. The minimum Gasteiger partial charge on any atom is -0.382 e. The normalized spacial score (nSPS) is 11.2. The molecule has 1 rings (SSSR count). The Labute approximate surface area is 136 Å². The maximum Gasteiger partial charge on any atom is 0.240 e. The van der Waals surface area contributed by atoms with Crippen molar-refractivity contribution in [2.45, 2.75) is 13.3 Å². The van der Waals surface area contributed by atoms with Crippen LogP contribution in [0.15, 0.2) is 24.3 Å². The van der Waals surface area contributed by atoms with E-state index in [9.17, 15) is 13.2 Å². The summed E-state index contributed by atoms with van der Waals surface area (Å²) in [6.07, 6.45) is 1.71. The van der Waals surface area contributed by atoms with Crippen molar-refractivity contribution >= 4 is 33.2 Å².